The molecule has 1 N–H and O–H groups in total. The Kier molecular flexibility index (Phi) is 4.83. The summed E-state index contributed by atoms with van der Waals surface area (Å²) in [6, 6.07) is 11.8. The maximum Gasteiger partial charge on any atom is 0.261 e. The van der Waals surface area contributed by atoms with Crippen molar-refractivity contribution in [3.05, 3.63) is 77.2 Å². The van der Waals surface area contributed by atoms with Gasteiger partial charge in [-0.1, -0.05) is 0 Å². The molecular weight excluding hydrogens is 411 g/mol. The van der Waals surface area contributed by atoms with E-state index >= 15 is 0 Å². The van der Waals surface area contributed by atoms with Crippen molar-refractivity contribution in [3.63, 3.8) is 0 Å². The van der Waals surface area contributed by atoms with Crippen LogP contribution in [-0.2, 0) is 17.1 Å². The second kappa shape index (κ2) is 7.34. The molecule has 0 aliphatic carbocycles. The van der Waals surface area contributed by atoms with Gasteiger partial charge in [-0.05, 0) is 48.5 Å². The van der Waals surface area contributed by atoms with Gasteiger partial charge in [-0.3, -0.25) is 9.52 Å². The highest BCUT2D eigenvalue weighted by Gasteiger charge is 2.18. The Hall–Kier alpha value is -3.59. The first-order chi connectivity index (χ1) is 14.2. The number of hydrogen-bond donors (Lipinski definition) is 1. The van der Waals surface area contributed by atoms with Gasteiger partial charge in [-0.2, -0.15) is 0 Å². The molecule has 0 bridgehead atoms. The van der Waals surface area contributed by atoms with Gasteiger partial charge in [-0.25, -0.2) is 12.8 Å². The highest BCUT2D eigenvalue weighted by molar-refractivity contribution is 7.92. The van der Waals surface area contributed by atoms with E-state index in [-0.39, 0.29) is 5.56 Å². The summed E-state index contributed by atoms with van der Waals surface area (Å²) in [7, 11) is -1.90. The fraction of sp³-hybridized carbons (Fsp3) is 0.0952. The maximum absolute atomic E-state index is 13.2. The highest BCUT2D eigenvalue weighted by Crippen LogP contribution is 2.38. The summed E-state index contributed by atoms with van der Waals surface area (Å²) in [5.41, 5.74) is 1.45. The first kappa shape index (κ1) is 19.7. The SMILES string of the molecule is Cn1cc(-c2cc(NS(C)(=O)=O)ccc2Oc2ccc(F)cc2)c2occc2c1=O. The molecule has 30 heavy (non-hydrogen) atoms. The molecule has 0 atom stereocenters. The number of benzene rings is 2. The number of halogens is 1. The van der Waals surface area contributed by atoms with Gasteiger partial charge in [0.25, 0.3) is 5.56 Å². The third-order valence-electron chi connectivity index (χ3n) is 4.40. The molecule has 0 saturated carbocycles. The normalized spacial score (nSPS) is 11.6. The van der Waals surface area contributed by atoms with E-state index in [1.807, 2.05) is 0 Å². The quantitative estimate of drug-likeness (QED) is 0.517. The molecule has 0 saturated heterocycles. The van der Waals surface area contributed by atoms with E-state index in [2.05, 4.69) is 4.72 Å². The largest absolute Gasteiger partial charge is 0.463 e. The Labute approximate surface area is 171 Å². The number of nitrogens with one attached hydrogen (secondary N) is 1. The van der Waals surface area contributed by atoms with Crippen LogP contribution in [0.25, 0.3) is 22.1 Å². The Bertz CT molecular complexity index is 1410. The van der Waals surface area contributed by atoms with E-state index in [4.69, 9.17) is 9.15 Å². The molecule has 2 aromatic carbocycles. The molecule has 0 spiro atoms. The van der Waals surface area contributed by atoms with Gasteiger partial charge in [0, 0.05) is 30.1 Å². The molecule has 9 heteroatoms. The molecule has 154 valence electrons. The van der Waals surface area contributed by atoms with Crippen LogP contribution in [0.5, 0.6) is 11.5 Å². The number of anilines is 1. The molecule has 4 rings (SSSR count). The van der Waals surface area contributed by atoms with Crippen LogP contribution in [0.1, 0.15) is 0 Å². The number of hydrogen-bond acceptors (Lipinski definition) is 5. The minimum atomic E-state index is -3.51. The van der Waals surface area contributed by atoms with Crippen molar-refractivity contribution in [1.29, 1.82) is 0 Å². The number of pyridine rings is 1. The lowest BCUT2D eigenvalue weighted by Crippen LogP contribution is -2.15. The molecule has 2 heterocycles. The summed E-state index contributed by atoms with van der Waals surface area (Å²) in [6.45, 7) is 0. The van der Waals surface area contributed by atoms with E-state index < -0.39 is 15.8 Å². The van der Waals surface area contributed by atoms with E-state index in [0.29, 0.717) is 39.3 Å². The van der Waals surface area contributed by atoms with Crippen LogP contribution in [0, 0.1) is 5.82 Å². The zero-order valence-electron chi connectivity index (χ0n) is 16.0. The monoisotopic (exact) mass is 428 g/mol. The third-order valence-corrected chi connectivity index (χ3v) is 5.00. The van der Waals surface area contributed by atoms with Crippen LogP contribution >= 0.6 is 0 Å². The van der Waals surface area contributed by atoms with Crippen LogP contribution in [0.4, 0.5) is 10.1 Å². The summed E-state index contributed by atoms with van der Waals surface area (Å²) < 4.78 is 51.9. The molecular formula is C21H17FN2O5S. The lowest BCUT2D eigenvalue weighted by Gasteiger charge is -2.15. The predicted molar refractivity (Wildman–Crippen MR) is 112 cm³/mol. The Morgan fingerprint density at radius 3 is 2.50 bits per heavy atom. The number of furan rings is 1. The molecule has 0 aliphatic heterocycles. The van der Waals surface area contributed by atoms with E-state index in [9.17, 15) is 17.6 Å². The second-order valence-electron chi connectivity index (χ2n) is 6.76. The third kappa shape index (κ3) is 3.92. The second-order valence-corrected chi connectivity index (χ2v) is 8.51. The van der Waals surface area contributed by atoms with Gasteiger partial charge < -0.3 is 13.7 Å². The standard InChI is InChI=1S/C21H17FN2O5S/c1-24-12-18(20-16(21(24)25)9-10-28-20)17-11-14(23-30(2,26)27)5-8-19(17)29-15-6-3-13(22)4-7-15/h3-12,23H,1-2H3. The van der Waals surface area contributed by atoms with Crippen LogP contribution < -0.4 is 15.0 Å². The minimum Gasteiger partial charge on any atom is -0.463 e. The molecule has 0 fully saturated rings. The number of aryl methyl sites for hydroxylation is 1. The summed E-state index contributed by atoms with van der Waals surface area (Å²) in [4.78, 5) is 12.4. The van der Waals surface area contributed by atoms with Crippen molar-refractivity contribution in [2.75, 3.05) is 11.0 Å². The number of sulfonamides is 1. The lowest BCUT2D eigenvalue weighted by molar-refractivity contribution is 0.482. The maximum atomic E-state index is 13.2. The number of fused-ring (bicyclic) bond motifs is 1. The first-order valence-electron chi connectivity index (χ1n) is 8.84. The van der Waals surface area contributed by atoms with Crippen molar-refractivity contribution in [3.8, 4) is 22.6 Å². The Balaban J connectivity index is 1.92. The van der Waals surface area contributed by atoms with Gasteiger partial charge in [0.1, 0.15) is 22.9 Å². The summed E-state index contributed by atoms with van der Waals surface area (Å²) >= 11 is 0. The molecule has 4 aromatic rings. The van der Waals surface area contributed by atoms with E-state index in [1.54, 1.807) is 37.5 Å². The first-order valence-corrected chi connectivity index (χ1v) is 10.7. The smallest absolute Gasteiger partial charge is 0.261 e. The Morgan fingerprint density at radius 2 is 1.80 bits per heavy atom. The van der Waals surface area contributed by atoms with E-state index in [0.717, 1.165) is 6.26 Å². The van der Waals surface area contributed by atoms with Gasteiger partial charge in [0.2, 0.25) is 10.0 Å². The number of nitrogens with zero attached hydrogens (tertiary/aromatic N) is 1. The fourth-order valence-electron chi connectivity index (χ4n) is 3.12. The number of ether oxygens (including phenoxy) is 1. The van der Waals surface area contributed by atoms with Crippen LogP contribution in [0.3, 0.4) is 0 Å². The van der Waals surface area contributed by atoms with Gasteiger partial charge >= 0.3 is 0 Å². The van der Waals surface area contributed by atoms with Crippen molar-refractivity contribution in [2.24, 2.45) is 7.05 Å². The summed E-state index contributed by atoms with van der Waals surface area (Å²) in [5.74, 6) is 0.365. The highest BCUT2D eigenvalue weighted by atomic mass is 32.2. The topological polar surface area (TPSA) is 90.5 Å². The average molecular weight is 428 g/mol. The number of rotatable bonds is 5. The molecule has 0 unspecified atom stereocenters. The lowest BCUT2D eigenvalue weighted by atomic mass is 10.0. The van der Waals surface area contributed by atoms with Crippen LogP contribution in [0.15, 0.2) is 70.2 Å². The minimum absolute atomic E-state index is 0.228. The summed E-state index contributed by atoms with van der Waals surface area (Å²) in [5, 5.41) is 0.379. The number of aromatic nitrogens is 1. The zero-order valence-corrected chi connectivity index (χ0v) is 16.9. The van der Waals surface area contributed by atoms with E-state index in [1.165, 1.54) is 35.1 Å². The van der Waals surface area contributed by atoms with Gasteiger partial charge in [0.05, 0.1) is 17.9 Å². The fourth-order valence-corrected chi connectivity index (χ4v) is 3.67. The van der Waals surface area contributed by atoms with Gasteiger partial charge in [-0.15, -0.1) is 0 Å². The molecule has 2 aromatic heterocycles. The molecule has 0 amide bonds. The van der Waals surface area contributed by atoms with Crippen molar-refractivity contribution in [2.45, 2.75) is 0 Å². The molecule has 7 nitrogen and oxygen atoms in total. The summed E-state index contributed by atoms with van der Waals surface area (Å²) in [6.07, 6.45) is 4.05. The molecule has 0 aliphatic rings. The average Bonchev–Trinajstić information content (AvgIpc) is 3.17. The Morgan fingerprint density at radius 1 is 1.07 bits per heavy atom. The van der Waals surface area contributed by atoms with Crippen molar-refractivity contribution >= 4 is 26.7 Å². The van der Waals surface area contributed by atoms with Gasteiger partial charge in [0.15, 0.2) is 0 Å². The van der Waals surface area contributed by atoms with Crippen molar-refractivity contribution < 1.29 is 22.0 Å². The van der Waals surface area contributed by atoms with Crippen LogP contribution in [0.2, 0.25) is 0 Å². The van der Waals surface area contributed by atoms with Crippen molar-refractivity contribution in [1.82, 2.24) is 4.57 Å². The zero-order chi connectivity index (χ0) is 21.5. The molecule has 0 radical (unpaired) electrons. The predicted octanol–water partition coefficient (Wildman–Crippen LogP) is 4.10. The van der Waals surface area contributed by atoms with Crippen LogP contribution in [-0.4, -0.2) is 19.2 Å².